The number of nitrogens with two attached hydrogens (primary N) is 1. The van der Waals surface area contributed by atoms with Crippen LogP contribution in [0.15, 0.2) is 29.4 Å². The first-order valence-electron chi connectivity index (χ1n) is 5.26. The summed E-state index contributed by atoms with van der Waals surface area (Å²) < 4.78 is 14.6. The fraction of sp³-hybridized carbons (Fsp3) is 0.273. The van der Waals surface area contributed by atoms with E-state index in [1.807, 2.05) is 11.5 Å². The second-order valence-corrected chi connectivity index (χ2v) is 4.72. The van der Waals surface area contributed by atoms with Crippen molar-refractivity contribution in [1.29, 1.82) is 0 Å². The van der Waals surface area contributed by atoms with Crippen molar-refractivity contribution < 1.29 is 4.39 Å². The topological polar surface area (TPSA) is 56.7 Å². The molecule has 0 aliphatic carbocycles. The summed E-state index contributed by atoms with van der Waals surface area (Å²) in [5.41, 5.74) is 6.72. The molecule has 0 aliphatic heterocycles. The van der Waals surface area contributed by atoms with E-state index in [2.05, 4.69) is 10.2 Å². The molecule has 0 radical (unpaired) electrons. The van der Waals surface area contributed by atoms with E-state index < -0.39 is 0 Å². The van der Waals surface area contributed by atoms with Gasteiger partial charge < -0.3 is 5.73 Å². The molecule has 0 saturated heterocycles. The quantitative estimate of drug-likeness (QED) is 0.847. The molecular weight excluding hydrogens is 239 g/mol. The molecular formula is C11H13FN4S. The van der Waals surface area contributed by atoms with Crippen LogP contribution in [0.3, 0.4) is 0 Å². The first-order valence-corrected chi connectivity index (χ1v) is 6.25. The molecule has 1 aromatic carbocycles. The lowest BCUT2D eigenvalue weighted by atomic mass is 10.2. The number of hydrogen-bond donors (Lipinski definition) is 1. The van der Waals surface area contributed by atoms with Crippen molar-refractivity contribution >= 4 is 17.7 Å². The summed E-state index contributed by atoms with van der Waals surface area (Å²) in [5.74, 6) is 1.04. The summed E-state index contributed by atoms with van der Waals surface area (Å²) >= 11 is 1.58. The van der Waals surface area contributed by atoms with E-state index >= 15 is 0 Å². The second-order valence-electron chi connectivity index (χ2n) is 3.49. The number of halogens is 1. The van der Waals surface area contributed by atoms with Gasteiger partial charge in [0.2, 0.25) is 5.95 Å². The lowest BCUT2D eigenvalue weighted by Crippen LogP contribution is -2.06. The summed E-state index contributed by atoms with van der Waals surface area (Å²) in [6, 6.07) is 6.33. The standard InChI is InChI=1S/C11H13FN4S/c1-2-17-11-15-14-10(13)16(11)7-8-3-5-9(12)6-4-8/h3-6H,2,7H2,1H3,(H2,13,14). The highest BCUT2D eigenvalue weighted by Gasteiger charge is 2.09. The molecule has 2 aromatic rings. The third kappa shape index (κ3) is 2.76. The Kier molecular flexibility index (Phi) is 3.63. The van der Waals surface area contributed by atoms with Crippen LogP contribution >= 0.6 is 11.8 Å². The Balaban J connectivity index is 2.22. The van der Waals surface area contributed by atoms with Gasteiger partial charge in [0, 0.05) is 0 Å². The molecule has 0 saturated carbocycles. The predicted molar refractivity (Wildman–Crippen MR) is 66.3 cm³/mol. The fourth-order valence-corrected chi connectivity index (χ4v) is 2.13. The van der Waals surface area contributed by atoms with Crippen molar-refractivity contribution in [2.75, 3.05) is 11.5 Å². The summed E-state index contributed by atoms with van der Waals surface area (Å²) in [7, 11) is 0. The third-order valence-electron chi connectivity index (χ3n) is 2.27. The Morgan fingerprint density at radius 1 is 1.29 bits per heavy atom. The fourth-order valence-electron chi connectivity index (χ4n) is 1.46. The smallest absolute Gasteiger partial charge is 0.222 e. The monoisotopic (exact) mass is 252 g/mol. The third-order valence-corrected chi connectivity index (χ3v) is 3.12. The number of rotatable bonds is 4. The van der Waals surface area contributed by atoms with Gasteiger partial charge in [0.15, 0.2) is 5.16 Å². The van der Waals surface area contributed by atoms with E-state index in [1.165, 1.54) is 12.1 Å². The molecule has 0 unspecified atom stereocenters. The van der Waals surface area contributed by atoms with Crippen molar-refractivity contribution in [3.8, 4) is 0 Å². The first-order chi connectivity index (χ1) is 8.20. The Hall–Kier alpha value is -1.56. The van der Waals surface area contributed by atoms with Gasteiger partial charge in [0.1, 0.15) is 5.82 Å². The second kappa shape index (κ2) is 5.18. The SMILES string of the molecule is CCSc1nnc(N)n1Cc1ccc(F)cc1. The summed E-state index contributed by atoms with van der Waals surface area (Å²) in [5, 5.41) is 8.63. The van der Waals surface area contributed by atoms with E-state index in [1.54, 1.807) is 23.9 Å². The van der Waals surface area contributed by atoms with Crippen LogP contribution in [0.2, 0.25) is 0 Å². The van der Waals surface area contributed by atoms with E-state index in [0.717, 1.165) is 16.5 Å². The lowest BCUT2D eigenvalue weighted by molar-refractivity contribution is 0.625. The highest BCUT2D eigenvalue weighted by Crippen LogP contribution is 2.19. The molecule has 0 spiro atoms. The number of nitrogens with zero attached hydrogens (tertiary/aromatic N) is 3. The Bertz CT molecular complexity index is 495. The van der Waals surface area contributed by atoms with Gasteiger partial charge in [-0.25, -0.2) is 4.39 Å². The molecule has 1 aromatic heterocycles. The van der Waals surface area contributed by atoms with Crippen LogP contribution in [-0.2, 0) is 6.54 Å². The Labute approximate surface area is 103 Å². The molecule has 2 N–H and O–H groups in total. The van der Waals surface area contributed by atoms with Crippen LogP contribution < -0.4 is 5.73 Å². The van der Waals surface area contributed by atoms with Gasteiger partial charge in [-0.05, 0) is 23.4 Å². The summed E-state index contributed by atoms with van der Waals surface area (Å²) in [4.78, 5) is 0. The van der Waals surface area contributed by atoms with Gasteiger partial charge >= 0.3 is 0 Å². The Morgan fingerprint density at radius 3 is 2.65 bits per heavy atom. The van der Waals surface area contributed by atoms with Gasteiger partial charge in [-0.2, -0.15) is 0 Å². The predicted octanol–water partition coefficient (Wildman–Crippen LogP) is 2.16. The van der Waals surface area contributed by atoms with Gasteiger partial charge in [0.05, 0.1) is 6.54 Å². The van der Waals surface area contributed by atoms with Crippen molar-refractivity contribution in [3.63, 3.8) is 0 Å². The molecule has 0 aliphatic rings. The molecule has 4 nitrogen and oxygen atoms in total. The maximum absolute atomic E-state index is 12.8. The molecule has 0 atom stereocenters. The zero-order valence-corrected chi connectivity index (χ0v) is 10.2. The molecule has 17 heavy (non-hydrogen) atoms. The van der Waals surface area contributed by atoms with Crippen molar-refractivity contribution in [1.82, 2.24) is 14.8 Å². The van der Waals surface area contributed by atoms with E-state index in [4.69, 9.17) is 5.73 Å². The minimum absolute atomic E-state index is 0.242. The first kappa shape index (κ1) is 11.9. The van der Waals surface area contributed by atoms with Crippen LogP contribution in [-0.4, -0.2) is 20.5 Å². The van der Waals surface area contributed by atoms with Gasteiger partial charge in [-0.1, -0.05) is 30.8 Å². The van der Waals surface area contributed by atoms with E-state index in [9.17, 15) is 4.39 Å². The number of anilines is 1. The lowest BCUT2D eigenvalue weighted by Gasteiger charge is -2.07. The minimum Gasteiger partial charge on any atom is -0.368 e. The highest BCUT2D eigenvalue weighted by atomic mass is 32.2. The van der Waals surface area contributed by atoms with Crippen molar-refractivity contribution in [2.45, 2.75) is 18.6 Å². The molecule has 2 rings (SSSR count). The highest BCUT2D eigenvalue weighted by molar-refractivity contribution is 7.99. The number of aromatic nitrogens is 3. The molecule has 0 fully saturated rings. The maximum atomic E-state index is 12.8. The largest absolute Gasteiger partial charge is 0.368 e. The maximum Gasteiger partial charge on any atom is 0.222 e. The molecule has 1 heterocycles. The average molecular weight is 252 g/mol. The number of benzene rings is 1. The number of thioether (sulfide) groups is 1. The van der Waals surface area contributed by atoms with Crippen molar-refractivity contribution in [3.05, 3.63) is 35.6 Å². The molecule has 90 valence electrons. The van der Waals surface area contributed by atoms with Gasteiger partial charge in [-0.15, -0.1) is 10.2 Å². The van der Waals surface area contributed by atoms with Crippen molar-refractivity contribution in [2.24, 2.45) is 0 Å². The van der Waals surface area contributed by atoms with Crippen LogP contribution in [0.25, 0.3) is 0 Å². The zero-order valence-electron chi connectivity index (χ0n) is 9.43. The summed E-state index contributed by atoms with van der Waals surface area (Å²) in [6.07, 6.45) is 0. The van der Waals surface area contributed by atoms with E-state index in [0.29, 0.717) is 12.5 Å². The van der Waals surface area contributed by atoms with Gasteiger partial charge in [0.25, 0.3) is 0 Å². The molecule has 6 heteroatoms. The average Bonchev–Trinajstić information content (AvgIpc) is 2.65. The van der Waals surface area contributed by atoms with Crippen LogP contribution in [0, 0.1) is 5.82 Å². The van der Waals surface area contributed by atoms with E-state index in [-0.39, 0.29) is 5.82 Å². The number of hydrogen-bond acceptors (Lipinski definition) is 4. The summed E-state index contributed by atoms with van der Waals surface area (Å²) in [6.45, 7) is 2.60. The number of nitrogen functional groups attached to an aromatic ring is 1. The molecule has 0 bridgehead atoms. The van der Waals surface area contributed by atoms with Crippen LogP contribution in [0.5, 0.6) is 0 Å². The normalized spacial score (nSPS) is 10.7. The van der Waals surface area contributed by atoms with Crippen LogP contribution in [0.1, 0.15) is 12.5 Å². The molecule has 0 amide bonds. The zero-order chi connectivity index (χ0) is 12.3. The Morgan fingerprint density at radius 2 is 2.00 bits per heavy atom. The van der Waals surface area contributed by atoms with Gasteiger partial charge in [-0.3, -0.25) is 4.57 Å². The van der Waals surface area contributed by atoms with Crippen LogP contribution in [0.4, 0.5) is 10.3 Å². The minimum atomic E-state index is -0.242.